The van der Waals surface area contributed by atoms with Crippen LogP contribution in [0.5, 0.6) is 0 Å². The predicted octanol–water partition coefficient (Wildman–Crippen LogP) is 2.76. The zero-order valence-corrected chi connectivity index (χ0v) is 17.3. The van der Waals surface area contributed by atoms with E-state index in [2.05, 4.69) is 27.8 Å². The van der Waals surface area contributed by atoms with E-state index in [1.165, 1.54) is 17.7 Å². The van der Waals surface area contributed by atoms with Crippen molar-refractivity contribution < 1.29 is 9.59 Å². The van der Waals surface area contributed by atoms with Crippen LogP contribution in [0, 0.1) is 11.8 Å². The standard InChI is InChI=1S/C21H30N4O2S/c1-3-22-12(2)24-15-8-9-17-16(10-15)18(20(27)23-11-13-4-5-13)21(28-17)25-19(26)14-6-7-14/h13-15,22,24H,2-11H2,1H3,(H,23,27)(H,25,26). The van der Waals surface area contributed by atoms with Crippen LogP contribution < -0.4 is 21.3 Å². The minimum Gasteiger partial charge on any atom is -0.373 e. The summed E-state index contributed by atoms with van der Waals surface area (Å²) in [5.41, 5.74) is 1.78. The molecule has 0 radical (unpaired) electrons. The van der Waals surface area contributed by atoms with Gasteiger partial charge in [-0.3, -0.25) is 9.59 Å². The van der Waals surface area contributed by atoms with Crippen molar-refractivity contribution in [3.63, 3.8) is 0 Å². The summed E-state index contributed by atoms with van der Waals surface area (Å²) in [7, 11) is 0. The summed E-state index contributed by atoms with van der Waals surface area (Å²) >= 11 is 1.59. The van der Waals surface area contributed by atoms with Gasteiger partial charge in [0.1, 0.15) is 5.00 Å². The highest BCUT2D eigenvalue weighted by atomic mass is 32.1. The van der Waals surface area contributed by atoms with E-state index in [-0.39, 0.29) is 23.8 Å². The molecule has 2 fully saturated rings. The third kappa shape index (κ3) is 4.51. The molecular formula is C21H30N4O2S. The summed E-state index contributed by atoms with van der Waals surface area (Å²) in [5, 5.41) is 13.5. The van der Waals surface area contributed by atoms with Crippen LogP contribution in [0.3, 0.4) is 0 Å². The van der Waals surface area contributed by atoms with Crippen molar-refractivity contribution in [2.24, 2.45) is 11.8 Å². The highest BCUT2D eigenvalue weighted by molar-refractivity contribution is 7.17. The van der Waals surface area contributed by atoms with Gasteiger partial charge in [-0.2, -0.15) is 0 Å². The normalized spacial score (nSPS) is 20.8. The molecule has 0 spiro atoms. The van der Waals surface area contributed by atoms with E-state index in [1.54, 1.807) is 11.3 Å². The fourth-order valence-electron chi connectivity index (χ4n) is 3.75. The summed E-state index contributed by atoms with van der Waals surface area (Å²) in [5.74, 6) is 1.60. The molecule has 2 amide bonds. The van der Waals surface area contributed by atoms with Gasteiger partial charge in [0.15, 0.2) is 0 Å². The first kappa shape index (κ1) is 19.3. The summed E-state index contributed by atoms with van der Waals surface area (Å²) in [6.07, 6.45) is 7.01. The second kappa shape index (κ2) is 8.15. The quantitative estimate of drug-likeness (QED) is 0.512. The first-order valence-corrected chi connectivity index (χ1v) is 11.3. The Morgan fingerprint density at radius 1 is 1.14 bits per heavy atom. The van der Waals surface area contributed by atoms with Gasteiger partial charge in [-0.15, -0.1) is 11.3 Å². The summed E-state index contributed by atoms with van der Waals surface area (Å²) in [6.45, 7) is 7.63. The van der Waals surface area contributed by atoms with Gasteiger partial charge in [0, 0.05) is 29.9 Å². The van der Waals surface area contributed by atoms with Crippen molar-refractivity contribution in [3.05, 3.63) is 28.4 Å². The molecule has 7 heteroatoms. The lowest BCUT2D eigenvalue weighted by Gasteiger charge is -2.26. The van der Waals surface area contributed by atoms with Gasteiger partial charge in [-0.1, -0.05) is 6.58 Å². The molecule has 0 saturated heterocycles. The Bertz CT molecular complexity index is 780. The van der Waals surface area contributed by atoms with E-state index in [0.717, 1.165) is 61.6 Å². The Hall–Kier alpha value is -2.02. The van der Waals surface area contributed by atoms with Crippen LogP contribution in [0.15, 0.2) is 12.4 Å². The van der Waals surface area contributed by atoms with Crippen LogP contribution in [0.25, 0.3) is 0 Å². The van der Waals surface area contributed by atoms with Crippen molar-refractivity contribution in [3.8, 4) is 0 Å². The molecule has 0 bridgehead atoms. The maximum absolute atomic E-state index is 13.0. The Balaban J connectivity index is 1.53. The number of nitrogens with one attached hydrogen (secondary N) is 4. The molecule has 1 atom stereocenters. The molecule has 0 aliphatic heterocycles. The minimum atomic E-state index is -0.0401. The van der Waals surface area contributed by atoms with Gasteiger partial charge in [-0.25, -0.2) is 0 Å². The first-order valence-electron chi connectivity index (χ1n) is 10.5. The molecule has 1 aromatic rings. The third-order valence-corrected chi connectivity index (χ3v) is 6.90. The van der Waals surface area contributed by atoms with Crippen LogP contribution >= 0.6 is 11.3 Å². The SMILES string of the molecule is C=C(NCC)NC1CCc2sc(NC(=O)C3CC3)c(C(=O)NCC3CC3)c2C1. The molecule has 6 nitrogen and oxygen atoms in total. The Morgan fingerprint density at radius 3 is 2.61 bits per heavy atom. The molecule has 2 saturated carbocycles. The molecule has 1 aromatic heterocycles. The lowest BCUT2D eigenvalue weighted by molar-refractivity contribution is -0.117. The van der Waals surface area contributed by atoms with E-state index >= 15 is 0 Å². The van der Waals surface area contributed by atoms with E-state index < -0.39 is 0 Å². The molecular weight excluding hydrogens is 372 g/mol. The highest BCUT2D eigenvalue weighted by Crippen LogP contribution is 2.40. The maximum atomic E-state index is 13.0. The lowest BCUT2D eigenvalue weighted by Crippen LogP contribution is -2.38. The Kier molecular flexibility index (Phi) is 5.62. The van der Waals surface area contributed by atoms with E-state index in [1.807, 2.05) is 6.92 Å². The van der Waals surface area contributed by atoms with Crippen LogP contribution in [-0.2, 0) is 17.6 Å². The number of carbonyl (C=O) groups excluding carboxylic acids is 2. The fourth-order valence-corrected chi connectivity index (χ4v) is 5.00. The van der Waals surface area contributed by atoms with E-state index in [4.69, 9.17) is 0 Å². The molecule has 0 aromatic carbocycles. The van der Waals surface area contributed by atoms with Gasteiger partial charge in [0.2, 0.25) is 5.91 Å². The number of aryl methyl sites for hydroxylation is 1. The highest BCUT2D eigenvalue weighted by Gasteiger charge is 2.34. The second-order valence-corrected chi connectivity index (χ2v) is 9.32. The van der Waals surface area contributed by atoms with E-state index in [0.29, 0.717) is 11.5 Å². The average Bonchev–Trinajstić information content (AvgIpc) is 3.56. The van der Waals surface area contributed by atoms with Crippen molar-refractivity contribution in [2.45, 2.75) is 57.9 Å². The van der Waals surface area contributed by atoms with Crippen molar-refractivity contribution >= 4 is 28.2 Å². The predicted molar refractivity (Wildman–Crippen MR) is 112 cm³/mol. The summed E-state index contributed by atoms with van der Waals surface area (Å²) in [4.78, 5) is 26.6. The van der Waals surface area contributed by atoms with Crippen molar-refractivity contribution in [1.29, 1.82) is 0 Å². The number of carbonyl (C=O) groups is 2. The fraction of sp³-hybridized carbons (Fsp3) is 0.619. The second-order valence-electron chi connectivity index (χ2n) is 8.22. The molecule has 1 heterocycles. The van der Waals surface area contributed by atoms with Gasteiger partial charge < -0.3 is 21.3 Å². The van der Waals surface area contributed by atoms with Crippen LogP contribution in [0.4, 0.5) is 5.00 Å². The van der Waals surface area contributed by atoms with E-state index in [9.17, 15) is 9.59 Å². The minimum absolute atomic E-state index is 0.0401. The van der Waals surface area contributed by atoms with Crippen molar-refractivity contribution in [2.75, 3.05) is 18.4 Å². The number of hydrogen-bond acceptors (Lipinski definition) is 5. The molecule has 4 N–H and O–H groups in total. The van der Waals surface area contributed by atoms with Gasteiger partial charge in [-0.05, 0) is 63.4 Å². The molecule has 152 valence electrons. The largest absolute Gasteiger partial charge is 0.373 e. The summed E-state index contributed by atoms with van der Waals surface area (Å²) in [6, 6.07) is 0.246. The number of hydrogen-bond donors (Lipinski definition) is 4. The monoisotopic (exact) mass is 402 g/mol. The smallest absolute Gasteiger partial charge is 0.254 e. The zero-order chi connectivity index (χ0) is 19.7. The lowest BCUT2D eigenvalue weighted by atomic mass is 9.91. The number of amides is 2. The van der Waals surface area contributed by atoms with Crippen LogP contribution in [-0.4, -0.2) is 30.9 Å². The molecule has 4 rings (SSSR count). The maximum Gasteiger partial charge on any atom is 0.254 e. The van der Waals surface area contributed by atoms with Crippen LogP contribution in [0.2, 0.25) is 0 Å². The number of rotatable bonds is 9. The molecule has 1 unspecified atom stereocenters. The molecule has 3 aliphatic carbocycles. The first-order chi connectivity index (χ1) is 13.5. The molecule has 28 heavy (non-hydrogen) atoms. The number of fused-ring (bicyclic) bond motifs is 1. The average molecular weight is 403 g/mol. The number of thiophene rings is 1. The number of anilines is 1. The summed E-state index contributed by atoms with van der Waals surface area (Å²) < 4.78 is 0. The molecule has 3 aliphatic rings. The zero-order valence-electron chi connectivity index (χ0n) is 16.5. The Labute approximate surface area is 170 Å². The van der Waals surface area contributed by atoms with Crippen molar-refractivity contribution in [1.82, 2.24) is 16.0 Å². The van der Waals surface area contributed by atoms with Gasteiger partial charge >= 0.3 is 0 Å². The van der Waals surface area contributed by atoms with Gasteiger partial charge in [0.25, 0.3) is 5.91 Å². The van der Waals surface area contributed by atoms with Gasteiger partial charge in [0.05, 0.1) is 11.4 Å². The Morgan fingerprint density at radius 2 is 1.93 bits per heavy atom. The van der Waals surface area contributed by atoms with Crippen LogP contribution in [0.1, 0.15) is 59.8 Å². The topological polar surface area (TPSA) is 82.3 Å². The third-order valence-electron chi connectivity index (χ3n) is 5.69.